The molecule has 1 spiro atoms. The van der Waals surface area contributed by atoms with Gasteiger partial charge in [-0.1, -0.05) is 60.7 Å². The van der Waals surface area contributed by atoms with Crippen molar-refractivity contribution < 1.29 is 9.53 Å². The van der Waals surface area contributed by atoms with Crippen LogP contribution < -0.4 is 5.32 Å². The fourth-order valence-electron chi connectivity index (χ4n) is 3.86. The molecule has 4 nitrogen and oxygen atoms in total. The molecule has 1 atom stereocenters. The topological polar surface area (TPSA) is 41.6 Å². The van der Waals surface area contributed by atoms with Gasteiger partial charge in [0.25, 0.3) is 0 Å². The number of nitrogens with one attached hydrogen (secondary N) is 1. The molecule has 25 heavy (non-hydrogen) atoms. The molecule has 0 aliphatic carbocycles. The molecule has 1 unspecified atom stereocenters. The Kier molecular flexibility index (Phi) is 4.55. The summed E-state index contributed by atoms with van der Waals surface area (Å²) in [5, 5.41) is 3.13. The molecule has 2 aliphatic heterocycles. The Morgan fingerprint density at radius 1 is 1.08 bits per heavy atom. The lowest BCUT2D eigenvalue weighted by molar-refractivity contribution is -0.129. The Labute approximate surface area is 148 Å². The van der Waals surface area contributed by atoms with E-state index in [1.165, 1.54) is 0 Å². The van der Waals surface area contributed by atoms with Gasteiger partial charge in [-0.3, -0.25) is 9.69 Å². The monoisotopic (exact) mass is 336 g/mol. The molecule has 0 saturated carbocycles. The molecular weight excluding hydrogens is 312 g/mol. The predicted octanol–water partition coefficient (Wildman–Crippen LogP) is 2.77. The Morgan fingerprint density at radius 3 is 2.36 bits per heavy atom. The molecule has 1 N–H and O–H groups in total. The van der Waals surface area contributed by atoms with Crippen LogP contribution in [-0.4, -0.2) is 37.1 Å². The van der Waals surface area contributed by atoms with Crippen molar-refractivity contribution in [1.29, 1.82) is 0 Å². The number of ether oxygens (including phenoxy) is 1. The SMILES string of the molecule is O=C(NCc1ccccc1)C(c1ccccc1)N1CCC2(COC2)C1. The van der Waals surface area contributed by atoms with Crippen molar-refractivity contribution >= 4 is 5.91 Å². The Hall–Kier alpha value is -2.17. The highest BCUT2D eigenvalue weighted by Crippen LogP contribution is 2.40. The minimum Gasteiger partial charge on any atom is -0.380 e. The summed E-state index contributed by atoms with van der Waals surface area (Å²) >= 11 is 0. The number of nitrogens with zero attached hydrogens (tertiary/aromatic N) is 1. The molecular formula is C21H24N2O2. The summed E-state index contributed by atoms with van der Waals surface area (Å²) < 4.78 is 5.43. The molecule has 2 aliphatic rings. The highest BCUT2D eigenvalue weighted by molar-refractivity contribution is 5.83. The quantitative estimate of drug-likeness (QED) is 0.913. The lowest BCUT2D eigenvalue weighted by Gasteiger charge is -2.38. The van der Waals surface area contributed by atoms with Crippen LogP contribution in [0.3, 0.4) is 0 Å². The second-order valence-electron chi connectivity index (χ2n) is 7.23. The van der Waals surface area contributed by atoms with E-state index in [2.05, 4.69) is 22.3 Å². The van der Waals surface area contributed by atoms with Gasteiger partial charge in [-0.2, -0.15) is 0 Å². The molecule has 2 heterocycles. The second-order valence-corrected chi connectivity index (χ2v) is 7.23. The highest BCUT2D eigenvalue weighted by Gasteiger charge is 2.47. The van der Waals surface area contributed by atoms with E-state index in [9.17, 15) is 4.79 Å². The standard InChI is InChI=1S/C21H24N2O2/c24-20(22-13-17-7-3-1-4-8-17)19(18-9-5-2-6-10-18)23-12-11-21(14-23)15-25-16-21/h1-10,19H,11-16H2,(H,22,24). The van der Waals surface area contributed by atoms with Crippen molar-refractivity contribution in [2.75, 3.05) is 26.3 Å². The first-order valence-electron chi connectivity index (χ1n) is 8.94. The minimum atomic E-state index is -0.232. The van der Waals surface area contributed by atoms with Crippen LogP contribution in [-0.2, 0) is 16.1 Å². The van der Waals surface area contributed by atoms with Crippen molar-refractivity contribution in [2.45, 2.75) is 19.0 Å². The third kappa shape index (κ3) is 3.46. The number of hydrogen-bond acceptors (Lipinski definition) is 3. The Bertz CT molecular complexity index is 713. The summed E-state index contributed by atoms with van der Waals surface area (Å²) in [5.41, 5.74) is 2.45. The van der Waals surface area contributed by atoms with Crippen molar-refractivity contribution in [3.63, 3.8) is 0 Å². The molecule has 0 radical (unpaired) electrons. The zero-order valence-electron chi connectivity index (χ0n) is 14.4. The van der Waals surface area contributed by atoms with Gasteiger partial charge in [-0.15, -0.1) is 0 Å². The number of rotatable bonds is 5. The Balaban J connectivity index is 1.50. The Morgan fingerprint density at radius 2 is 1.76 bits per heavy atom. The van der Waals surface area contributed by atoms with Crippen LogP contribution in [0.2, 0.25) is 0 Å². The largest absolute Gasteiger partial charge is 0.380 e. The molecule has 4 rings (SSSR count). The lowest BCUT2D eigenvalue weighted by atomic mass is 9.85. The van der Waals surface area contributed by atoms with Crippen molar-refractivity contribution in [3.05, 3.63) is 71.8 Å². The van der Waals surface area contributed by atoms with Gasteiger partial charge >= 0.3 is 0 Å². The van der Waals surface area contributed by atoms with Gasteiger partial charge in [0.1, 0.15) is 6.04 Å². The fourth-order valence-corrected chi connectivity index (χ4v) is 3.86. The first-order chi connectivity index (χ1) is 12.3. The van der Waals surface area contributed by atoms with Gasteiger partial charge in [0, 0.05) is 25.0 Å². The van der Waals surface area contributed by atoms with E-state index in [1.807, 2.05) is 48.5 Å². The normalized spacial score (nSPS) is 20.2. The predicted molar refractivity (Wildman–Crippen MR) is 96.9 cm³/mol. The van der Waals surface area contributed by atoms with Crippen LogP contribution in [0.25, 0.3) is 0 Å². The molecule has 2 aromatic rings. The fraction of sp³-hybridized carbons (Fsp3) is 0.381. The van der Waals surface area contributed by atoms with Crippen molar-refractivity contribution in [1.82, 2.24) is 10.2 Å². The minimum absolute atomic E-state index is 0.0762. The number of carbonyl (C=O) groups is 1. The summed E-state index contributed by atoms with van der Waals surface area (Å²) in [7, 11) is 0. The summed E-state index contributed by atoms with van der Waals surface area (Å²) in [6.07, 6.45) is 1.11. The van der Waals surface area contributed by atoms with Gasteiger partial charge in [-0.05, 0) is 17.5 Å². The molecule has 130 valence electrons. The molecule has 0 aromatic heterocycles. The van der Waals surface area contributed by atoms with Crippen LogP contribution in [0.4, 0.5) is 0 Å². The maximum Gasteiger partial charge on any atom is 0.242 e. The first kappa shape index (κ1) is 16.3. The van der Waals surface area contributed by atoms with Crippen molar-refractivity contribution in [2.24, 2.45) is 5.41 Å². The van der Waals surface area contributed by atoms with Crippen LogP contribution in [0.1, 0.15) is 23.6 Å². The van der Waals surface area contributed by atoms with Crippen molar-refractivity contribution in [3.8, 4) is 0 Å². The van der Waals surface area contributed by atoms with E-state index in [0.717, 1.165) is 43.9 Å². The summed E-state index contributed by atoms with van der Waals surface area (Å²) in [4.78, 5) is 15.4. The van der Waals surface area contributed by atoms with E-state index in [-0.39, 0.29) is 17.4 Å². The van der Waals surface area contributed by atoms with E-state index >= 15 is 0 Å². The van der Waals surface area contributed by atoms with Crippen LogP contribution in [0.5, 0.6) is 0 Å². The van der Waals surface area contributed by atoms with Gasteiger partial charge in [0.15, 0.2) is 0 Å². The van der Waals surface area contributed by atoms with Gasteiger partial charge in [0.2, 0.25) is 5.91 Å². The third-order valence-corrected chi connectivity index (χ3v) is 5.32. The average Bonchev–Trinajstić information content (AvgIpc) is 3.08. The second kappa shape index (κ2) is 6.98. The van der Waals surface area contributed by atoms with Crippen LogP contribution in [0.15, 0.2) is 60.7 Å². The zero-order valence-corrected chi connectivity index (χ0v) is 14.4. The van der Waals surface area contributed by atoms with E-state index < -0.39 is 0 Å². The molecule has 0 bridgehead atoms. The molecule has 2 aromatic carbocycles. The van der Waals surface area contributed by atoms with E-state index in [4.69, 9.17) is 4.74 Å². The molecule has 1 amide bonds. The number of likely N-dealkylation sites (tertiary alicyclic amines) is 1. The third-order valence-electron chi connectivity index (χ3n) is 5.32. The van der Waals surface area contributed by atoms with Gasteiger partial charge < -0.3 is 10.1 Å². The first-order valence-corrected chi connectivity index (χ1v) is 8.94. The van der Waals surface area contributed by atoms with Crippen LogP contribution >= 0.6 is 0 Å². The average molecular weight is 336 g/mol. The van der Waals surface area contributed by atoms with Gasteiger partial charge in [0.05, 0.1) is 13.2 Å². The van der Waals surface area contributed by atoms with E-state index in [1.54, 1.807) is 0 Å². The lowest BCUT2D eigenvalue weighted by Crippen LogP contribution is -2.46. The molecule has 2 fully saturated rings. The number of amides is 1. The summed E-state index contributed by atoms with van der Waals surface area (Å²) in [6, 6.07) is 19.9. The van der Waals surface area contributed by atoms with Gasteiger partial charge in [-0.25, -0.2) is 0 Å². The number of hydrogen-bond donors (Lipinski definition) is 1. The summed E-state index contributed by atoms with van der Waals surface area (Å²) in [6.45, 7) is 4.10. The summed E-state index contributed by atoms with van der Waals surface area (Å²) in [5.74, 6) is 0.0762. The van der Waals surface area contributed by atoms with Crippen LogP contribution in [0, 0.1) is 5.41 Å². The maximum atomic E-state index is 13.0. The number of carbonyl (C=O) groups excluding carboxylic acids is 1. The maximum absolute atomic E-state index is 13.0. The zero-order chi connectivity index (χ0) is 17.1. The van der Waals surface area contributed by atoms with E-state index in [0.29, 0.717) is 6.54 Å². The highest BCUT2D eigenvalue weighted by atomic mass is 16.5. The molecule has 2 saturated heterocycles. The smallest absolute Gasteiger partial charge is 0.242 e. The number of benzene rings is 2. The molecule has 4 heteroatoms.